The van der Waals surface area contributed by atoms with Crippen LogP contribution in [0.3, 0.4) is 0 Å². The number of likely N-dealkylation sites (N-methyl/N-ethyl adjacent to an activating group) is 1. The van der Waals surface area contributed by atoms with E-state index in [0.29, 0.717) is 6.04 Å². The minimum absolute atomic E-state index is 0.0939. The lowest BCUT2D eigenvalue weighted by atomic mass is 9.80. The first-order valence-corrected chi connectivity index (χ1v) is 7.03. The molecule has 3 nitrogen and oxygen atoms in total. The van der Waals surface area contributed by atoms with Crippen LogP contribution in [0.2, 0.25) is 0 Å². The summed E-state index contributed by atoms with van der Waals surface area (Å²) in [4.78, 5) is 2.52. The Kier molecular flexibility index (Phi) is 4.11. The third kappa shape index (κ3) is 2.67. The Morgan fingerprint density at radius 2 is 2.06 bits per heavy atom. The Bertz CT molecular complexity index is 253. The van der Waals surface area contributed by atoms with Crippen molar-refractivity contribution in [2.24, 2.45) is 5.92 Å². The maximum atomic E-state index is 9.90. The molecule has 0 aliphatic heterocycles. The molecule has 0 saturated heterocycles. The Labute approximate surface area is 105 Å². The smallest absolute Gasteiger partial charge is 0.0646 e. The Balaban J connectivity index is 2.03. The Hall–Kier alpha value is -0.120. The molecule has 0 bridgehead atoms. The molecule has 2 rings (SSSR count). The van der Waals surface area contributed by atoms with Crippen molar-refractivity contribution in [1.29, 1.82) is 0 Å². The lowest BCUT2D eigenvalue weighted by Gasteiger charge is -2.43. The number of ether oxygens (including phenoxy) is 1. The van der Waals surface area contributed by atoms with Gasteiger partial charge in [-0.25, -0.2) is 0 Å². The highest BCUT2D eigenvalue weighted by Crippen LogP contribution is 2.45. The normalized spacial score (nSPS) is 36.2. The second kappa shape index (κ2) is 5.25. The van der Waals surface area contributed by atoms with Gasteiger partial charge in [-0.3, -0.25) is 4.90 Å². The molecule has 0 heterocycles. The van der Waals surface area contributed by atoms with Crippen LogP contribution in [-0.4, -0.2) is 48.5 Å². The maximum Gasteiger partial charge on any atom is 0.0646 e. The van der Waals surface area contributed by atoms with E-state index >= 15 is 0 Å². The number of methoxy groups -OCH3 is 1. The van der Waals surface area contributed by atoms with Crippen molar-refractivity contribution in [1.82, 2.24) is 4.90 Å². The van der Waals surface area contributed by atoms with E-state index in [-0.39, 0.29) is 11.6 Å². The molecule has 1 N–H and O–H groups in total. The molecule has 2 saturated carbocycles. The van der Waals surface area contributed by atoms with Crippen LogP contribution in [0.15, 0.2) is 0 Å². The van der Waals surface area contributed by atoms with Crippen LogP contribution < -0.4 is 0 Å². The van der Waals surface area contributed by atoms with Gasteiger partial charge >= 0.3 is 0 Å². The fraction of sp³-hybridized carbons (Fsp3) is 1.00. The number of hydrogen-bond acceptors (Lipinski definition) is 3. The summed E-state index contributed by atoms with van der Waals surface area (Å²) in [5.74, 6) is 0.748. The van der Waals surface area contributed by atoms with Gasteiger partial charge in [-0.05, 0) is 45.1 Å². The number of aliphatic hydroxyl groups excluding tert-OH is 1. The summed E-state index contributed by atoms with van der Waals surface area (Å²) in [6.07, 6.45) is 6.74. The highest BCUT2D eigenvalue weighted by molar-refractivity contribution is 5.06. The Morgan fingerprint density at radius 1 is 1.35 bits per heavy atom. The van der Waals surface area contributed by atoms with Gasteiger partial charge in [-0.1, -0.05) is 13.3 Å². The first-order chi connectivity index (χ1) is 8.13. The van der Waals surface area contributed by atoms with E-state index in [1.165, 1.54) is 25.7 Å². The standard InChI is InChI=1S/C14H27NO2/c1-4-11-5-6-12(16)9-13(11)15(2)14(7-8-14)10-17-3/h11-13,16H,4-10H2,1-3H3. The highest BCUT2D eigenvalue weighted by Gasteiger charge is 2.50. The fourth-order valence-corrected chi connectivity index (χ4v) is 3.50. The lowest BCUT2D eigenvalue weighted by Crippen LogP contribution is -2.51. The first kappa shape index (κ1) is 13.3. The minimum Gasteiger partial charge on any atom is -0.393 e. The summed E-state index contributed by atoms with van der Waals surface area (Å²) in [5, 5.41) is 9.90. The second-order valence-electron chi connectivity index (χ2n) is 5.97. The largest absolute Gasteiger partial charge is 0.393 e. The molecule has 0 radical (unpaired) electrons. The molecule has 100 valence electrons. The Morgan fingerprint density at radius 3 is 2.59 bits per heavy atom. The molecule has 17 heavy (non-hydrogen) atoms. The monoisotopic (exact) mass is 241 g/mol. The summed E-state index contributed by atoms with van der Waals surface area (Å²) in [5.41, 5.74) is 0.282. The quantitative estimate of drug-likeness (QED) is 0.799. The molecular weight excluding hydrogens is 214 g/mol. The molecule has 0 aromatic carbocycles. The zero-order valence-corrected chi connectivity index (χ0v) is 11.5. The summed E-state index contributed by atoms with van der Waals surface area (Å²) in [7, 11) is 4.03. The fourth-order valence-electron chi connectivity index (χ4n) is 3.50. The molecule has 2 aliphatic carbocycles. The van der Waals surface area contributed by atoms with Crippen LogP contribution in [0, 0.1) is 5.92 Å². The minimum atomic E-state index is -0.0939. The van der Waals surface area contributed by atoms with E-state index in [2.05, 4.69) is 18.9 Å². The molecule has 3 unspecified atom stereocenters. The molecule has 2 aliphatic rings. The van der Waals surface area contributed by atoms with E-state index in [1.807, 2.05) is 0 Å². The zero-order chi connectivity index (χ0) is 12.5. The summed E-state index contributed by atoms with van der Waals surface area (Å²) < 4.78 is 5.37. The van der Waals surface area contributed by atoms with Crippen molar-refractivity contribution in [2.75, 3.05) is 20.8 Å². The highest BCUT2D eigenvalue weighted by atomic mass is 16.5. The van der Waals surface area contributed by atoms with Gasteiger partial charge in [0.25, 0.3) is 0 Å². The number of nitrogens with zero attached hydrogens (tertiary/aromatic N) is 1. The predicted molar refractivity (Wildman–Crippen MR) is 69.0 cm³/mol. The molecule has 0 aromatic heterocycles. The van der Waals surface area contributed by atoms with E-state index in [0.717, 1.165) is 25.4 Å². The molecule has 2 fully saturated rings. The summed E-state index contributed by atoms with van der Waals surface area (Å²) in [6, 6.07) is 0.543. The summed E-state index contributed by atoms with van der Waals surface area (Å²) in [6.45, 7) is 3.12. The van der Waals surface area contributed by atoms with Crippen LogP contribution in [0.1, 0.15) is 45.4 Å². The number of hydrogen-bond donors (Lipinski definition) is 1. The van der Waals surface area contributed by atoms with E-state index in [1.54, 1.807) is 7.11 Å². The van der Waals surface area contributed by atoms with Crippen LogP contribution >= 0.6 is 0 Å². The zero-order valence-electron chi connectivity index (χ0n) is 11.5. The molecule has 0 amide bonds. The van der Waals surface area contributed by atoms with Gasteiger partial charge in [-0.2, -0.15) is 0 Å². The van der Waals surface area contributed by atoms with E-state index in [4.69, 9.17) is 4.74 Å². The third-order valence-corrected chi connectivity index (χ3v) is 4.94. The van der Waals surface area contributed by atoms with Crippen molar-refractivity contribution >= 4 is 0 Å². The van der Waals surface area contributed by atoms with E-state index < -0.39 is 0 Å². The number of aliphatic hydroxyl groups is 1. The van der Waals surface area contributed by atoms with Gasteiger partial charge in [0.2, 0.25) is 0 Å². The van der Waals surface area contributed by atoms with Gasteiger partial charge in [0.1, 0.15) is 0 Å². The van der Waals surface area contributed by atoms with Gasteiger partial charge < -0.3 is 9.84 Å². The topological polar surface area (TPSA) is 32.7 Å². The summed E-state index contributed by atoms with van der Waals surface area (Å²) >= 11 is 0. The maximum absolute atomic E-state index is 9.90. The van der Waals surface area contributed by atoms with Gasteiger partial charge in [0.15, 0.2) is 0 Å². The van der Waals surface area contributed by atoms with Crippen LogP contribution in [0.25, 0.3) is 0 Å². The van der Waals surface area contributed by atoms with Crippen molar-refractivity contribution in [3.05, 3.63) is 0 Å². The van der Waals surface area contributed by atoms with E-state index in [9.17, 15) is 5.11 Å². The van der Waals surface area contributed by atoms with Gasteiger partial charge in [0, 0.05) is 18.7 Å². The lowest BCUT2D eigenvalue weighted by molar-refractivity contribution is -0.00840. The molecule has 3 heteroatoms. The molecule has 0 aromatic rings. The molecule has 3 atom stereocenters. The predicted octanol–water partition coefficient (Wildman–Crippen LogP) is 2.04. The van der Waals surface area contributed by atoms with Crippen molar-refractivity contribution < 1.29 is 9.84 Å². The third-order valence-electron chi connectivity index (χ3n) is 4.94. The first-order valence-electron chi connectivity index (χ1n) is 7.03. The van der Waals surface area contributed by atoms with Crippen molar-refractivity contribution in [2.45, 2.75) is 63.1 Å². The molecule has 0 spiro atoms. The second-order valence-corrected chi connectivity index (χ2v) is 5.97. The SMILES string of the molecule is CCC1CCC(O)CC1N(C)C1(COC)CC1. The average molecular weight is 241 g/mol. The van der Waals surface area contributed by atoms with Crippen LogP contribution in [0.5, 0.6) is 0 Å². The number of rotatable bonds is 5. The van der Waals surface area contributed by atoms with Crippen molar-refractivity contribution in [3.8, 4) is 0 Å². The van der Waals surface area contributed by atoms with Gasteiger partial charge in [0.05, 0.1) is 12.7 Å². The van der Waals surface area contributed by atoms with Crippen molar-refractivity contribution in [3.63, 3.8) is 0 Å². The van der Waals surface area contributed by atoms with Gasteiger partial charge in [-0.15, -0.1) is 0 Å². The van der Waals surface area contributed by atoms with Crippen LogP contribution in [-0.2, 0) is 4.74 Å². The average Bonchev–Trinajstić information content (AvgIpc) is 3.09. The van der Waals surface area contributed by atoms with Crippen LogP contribution in [0.4, 0.5) is 0 Å². The molecular formula is C14H27NO2.